The van der Waals surface area contributed by atoms with Crippen LogP contribution in [0.1, 0.15) is 74.4 Å². The number of hydrogen-bond acceptors (Lipinski definition) is 18. The van der Waals surface area contributed by atoms with Gasteiger partial charge in [-0.3, -0.25) is 47.8 Å². The number of phenols is 1. The Labute approximate surface area is 517 Å². The van der Waals surface area contributed by atoms with Crippen molar-refractivity contribution in [1.82, 2.24) is 78.1 Å². The zero-order valence-electron chi connectivity index (χ0n) is 49.5. The predicted molar refractivity (Wildman–Crippen MR) is 321 cm³/mol. The molecule has 0 saturated carbocycles. The van der Waals surface area contributed by atoms with E-state index in [0.29, 0.717) is 47.9 Å². The molecule has 2 saturated heterocycles. The molecule has 7 rings (SSSR count). The highest BCUT2D eigenvalue weighted by Crippen LogP contribution is 2.33. The Balaban J connectivity index is 0.948. The zero-order chi connectivity index (χ0) is 63.5. The Morgan fingerprint density at radius 1 is 0.742 bits per heavy atom. The molecule has 9 atom stereocenters. The maximum absolute atomic E-state index is 14.4. The Kier molecular flexibility index (Phi) is 26.9. The summed E-state index contributed by atoms with van der Waals surface area (Å²) in [6.45, 7) is 1.67. The number of fused-ring (bicyclic) bond motifs is 3. The third-order valence-electron chi connectivity index (χ3n) is 14.8. The summed E-state index contributed by atoms with van der Waals surface area (Å²) in [4.78, 5) is 141. The van der Waals surface area contributed by atoms with Crippen LogP contribution in [-0.4, -0.2) is 201 Å². The number of hydrogen-bond donors (Lipinski definition) is 13. The molecule has 482 valence electrons. The van der Waals surface area contributed by atoms with Gasteiger partial charge in [0.2, 0.25) is 53.2 Å². The Morgan fingerprint density at radius 2 is 1.43 bits per heavy atom. The van der Waals surface area contributed by atoms with Gasteiger partial charge < -0.3 is 83.2 Å². The van der Waals surface area contributed by atoms with Gasteiger partial charge in [-0.1, -0.05) is 54.1 Å². The molecule has 1 unspecified atom stereocenters. The molecule has 2 aromatic carbocycles. The Hall–Kier alpha value is -8.68. The Morgan fingerprint density at radius 3 is 2.17 bits per heavy atom. The zero-order valence-corrected chi connectivity index (χ0v) is 50.3. The Bertz CT molecular complexity index is 2990. The fourth-order valence-electron chi connectivity index (χ4n) is 10.1. The van der Waals surface area contributed by atoms with E-state index in [2.05, 4.69) is 73.4 Å². The number of imidazole rings is 1. The monoisotopic (exact) mass is 1260 g/mol. The van der Waals surface area contributed by atoms with E-state index in [0.717, 1.165) is 25.0 Å². The first-order valence-corrected chi connectivity index (χ1v) is 30.8. The molecule has 5 heterocycles. The number of thioether (sulfide) groups is 1. The van der Waals surface area contributed by atoms with Crippen LogP contribution in [0, 0.1) is 0 Å². The minimum Gasteiger partial charge on any atom is -0.508 e. The number of benzene rings is 2. The normalized spacial score (nSPS) is 23.4. The standard InChI is InChI=1S/C58H80N16O14S/c1-35-53(80)62-30-49(77)65-42(26-37-14-16-40(75)17-15-37)55(82)69-45(27-38-29-60-34-63-38)57(84)67-41(52(59)79)11-7-8-19-74-31-39(72-73-74)28-44(56(83)68-43(54(81)64-35)25-36-9-3-2-4-10-36)66-50(78)32-88-24-23-87-22-21-86-20-18-61-48(76)13-6-5-12-47-51-46(33-89-47)70-58(85)71-51/h2-4,9-10,14-17,29,31,34-35,41-47,51,75H,5-8,11-13,18-28,30,32-33H2,1H3,(H2,59,79)(H,60,63)(H,61,76)(H,62,80)(H,64,81)(H,65,77)(H,66,78)(H,67,84)(H,68,83)(H,69,82)(H2,70,71,85)/t35-,41-,42-,43-,44-,45-,46+,47?,51+/m0/s1. The van der Waals surface area contributed by atoms with Crippen molar-refractivity contribution in [2.45, 2.75) is 138 Å². The number of aromatic nitrogens is 5. The average molecular weight is 1260 g/mol. The number of aryl methyl sites for hydroxylation is 1. The van der Waals surface area contributed by atoms with E-state index in [-0.39, 0.29) is 107 Å². The number of carbonyl (C=O) groups is 10. The first-order valence-electron chi connectivity index (χ1n) is 29.7. The molecular formula is C58H80N16O14S. The number of H-pyrrole nitrogens is 1. The highest BCUT2D eigenvalue weighted by atomic mass is 32.2. The van der Waals surface area contributed by atoms with Gasteiger partial charge in [-0.15, -0.1) is 5.10 Å². The second-order valence-corrected chi connectivity index (χ2v) is 23.0. The van der Waals surface area contributed by atoms with Crippen LogP contribution < -0.4 is 58.9 Å². The number of urea groups is 1. The molecule has 31 heteroatoms. The first kappa shape index (κ1) is 67.8. The van der Waals surface area contributed by atoms with Crippen molar-refractivity contribution >= 4 is 71.0 Å². The molecule has 3 aliphatic rings. The number of nitrogens with zero attached hydrogens (tertiary/aromatic N) is 4. The van der Waals surface area contributed by atoms with Crippen molar-refractivity contribution in [3.8, 4) is 5.75 Å². The maximum atomic E-state index is 14.4. The van der Waals surface area contributed by atoms with Gasteiger partial charge in [0.1, 0.15) is 48.6 Å². The number of primary amides is 1. The van der Waals surface area contributed by atoms with Crippen LogP contribution in [0.15, 0.2) is 73.3 Å². The SMILES string of the molecule is C[C@@H]1NC(=O)[C@H](Cc2ccccc2)NC(=O)[C@@H](NC(=O)COCCOCCOCCNC(=O)CCCCC2SC[C@H]3NC(=O)N[C@@H]23)Cc2cn(nn2)CCCC[C@@H](C(N)=O)NC(=O)[C@H](Cc2c[nH]cn2)NC(=O)[C@H](Cc2ccc(O)cc2)NC(=O)CNC1=O. The van der Waals surface area contributed by atoms with Crippen molar-refractivity contribution in [2.24, 2.45) is 5.73 Å². The van der Waals surface area contributed by atoms with Crippen LogP contribution in [0.25, 0.3) is 0 Å². The molecule has 89 heavy (non-hydrogen) atoms. The third kappa shape index (κ3) is 23.1. The van der Waals surface area contributed by atoms with Crippen molar-refractivity contribution < 1.29 is 67.3 Å². The van der Waals surface area contributed by atoms with E-state index in [1.54, 1.807) is 36.5 Å². The van der Waals surface area contributed by atoms with Crippen molar-refractivity contribution in [3.05, 3.63) is 95.8 Å². The summed E-state index contributed by atoms with van der Waals surface area (Å²) in [5.41, 5.74) is 7.59. The molecular weight excluding hydrogens is 1180 g/mol. The first-order chi connectivity index (χ1) is 43.0. The maximum Gasteiger partial charge on any atom is 0.315 e. The number of carbonyl (C=O) groups excluding carboxylic acids is 10. The summed E-state index contributed by atoms with van der Waals surface area (Å²) in [7, 11) is 0. The number of aromatic amines is 1. The van der Waals surface area contributed by atoms with Crippen LogP contribution in [-0.2, 0) is 89.6 Å². The van der Waals surface area contributed by atoms with Gasteiger partial charge in [0, 0.05) is 68.6 Å². The van der Waals surface area contributed by atoms with Crippen LogP contribution in [0.2, 0.25) is 0 Å². The van der Waals surface area contributed by atoms with Gasteiger partial charge in [0.25, 0.3) is 0 Å². The lowest BCUT2D eigenvalue weighted by molar-refractivity contribution is -0.135. The van der Waals surface area contributed by atoms with Crippen LogP contribution in [0.5, 0.6) is 5.75 Å². The number of unbranched alkanes of at least 4 members (excludes halogenated alkanes) is 1. The second-order valence-electron chi connectivity index (χ2n) is 21.8. The molecule has 2 fully saturated rings. The van der Waals surface area contributed by atoms with Crippen molar-refractivity contribution in [1.29, 1.82) is 0 Å². The highest BCUT2D eigenvalue weighted by molar-refractivity contribution is 8.00. The minimum atomic E-state index is -1.36. The smallest absolute Gasteiger partial charge is 0.315 e. The molecule has 14 N–H and O–H groups in total. The molecule has 0 spiro atoms. The fraction of sp³-hybridized carbons (Fsp3) is 0.534. The topological polar surface area (TPSA) is 424 Å². The van der Waals surface area contributed by atoms with E-state index < -0.39 is 96.7 Å². The number of amides is 11. The lowest BCUT2D eigenvalue weighted by atomic mass is 10.0. The van der Waals surface area contributed by atoms with Gasteiger partial charge in [-0.2, -0.15) is 11.8 Å². The van der Waals surface area contributed by atoms with Crippen molar-refractivity contribution in [2.75, 3.05) is 58.5 Å². The molecule has 3 aliphatic heterocycles. The van der Waals surface area contributed by atoms with Crippen LogP contribution in [0.3, 0.4) is 0 Å². The van der Waals surface area contributed by atoms with Gasteiger partial charge in [0.05, 0.1) is 69.4 Å². The fourth-order valence-corrected chi connectivity index (χ4v) is 11.6. The van der Waals surface area contributed by atoms with E-state index in [1.165, 1.54) is 48.4 Å². The van der Waals surface area contributed by atoms with E-state index >= 15 is 0 Å². The minimum absolute atomic E-state index is 0.00794. The highest BCUT2D eigenvalue weighted by Gasteiger charge is 2.42. The molecule has 30 nitrogen and oxygen atoms in total. The van der Waals surface area contributed by atoms with Crippen LogP contribution in [0.4, 0.5) is 4.79 Å². The van der Waals surface area contributed by atoms with E-state index in [9.17, 15) is 53.1 Å². The van der Waals surface area contributed by atoms with Crippen LogP contribution >= 0.6 is 11.8 Å². The van der Waals surface area contributed by atoms with Crippen molar-refractivity contribution in [3.63, 3.8) is 0 Å². The lowest BCUT2D eigenvalue weighted by Crippen LogP contribution is -2.58. The quantitative estimate of drug-likeness (QED) is 0.0257. The number of rotatable bonds is 24. The number of nitrogens with two attached hydrogens (primary N) is 1. The van der Waals surface area contributed by atoms with Gasteiger partial charge in [0.15, 0.2) is 0 Å². The summed E-state index contributed by atoms with van der Waals surface area (Å²) >= 11 is 1.85. The van der Waals surface area contributed by atoms with Gasteiger partial charge >= 0.3 is 6.03 Å². The number of aromatic hydroxyl groups is 1. The molecule has 4 aromatic rings. The lowest BCUT2D eigenvalue weighted by Gasteiger charge is -2.25. The summed E-state index contributed by atoms with van der Waals surface area (Å²) in [5.74, 6) is -5.54. The third-order valence-corrected chi connectivity index (χ3v) is 16.3. The number of nitrogens with one attached hydrogen (secondary N) is 11. The predicted octanol–water partition coefficient (Wildman–Crippen LogP) is -2.42. The molecule has 0 aliphatic carbocycles. The molecule has 2 aromatic heterocycles. The molecule has 2 bridgehead atoms. The molecule has 0 radical (unpaired) electrons. The average Bonchev–Trinajstić information content (AvgIpc) is 4.19. The second kappa shape index (κ2) is 35.3. The summed E-state index contributed by atoms with van der Waals surface area (Å²) in [5, 5.41) is 45.9. The summed E-state index contributed by atoms with van der Waals surface area (Å²) in [6, 6.07) is 6.97. The number of phenolic OH excluding ortho intramolecular Hbond substituents is 1. The largest absolute Gasteiger partial charge is 0.508 e. The molecule has 11 amide bonds. The number of ether oxygens (including phenoxy) is 3. The van der Waals surface area contributed by atoms with E-state index in [1.807, 2.05) is 11.8 Å². The van der Waals surface area contributed by atoms with Gasteiger partial charge in [-0.05, 0) is 62.3 Å². The summed E-state index contributed by atoms with van der Waals surface area (Å²) < 4.78 is 18.2. The van der Waals surface area contributed by atoms with Gasteiger partial charge in [-0.25, -0.2) is 9.78 Å². The summed E-state index contributed by atoms with van der Waals surface area (Å²) in [6.07, 6.45) is 7.73. The van der Waals surface area contributed by atoms with E-state index in [4.69, 9.17) is 19.9 Å².